The van der Waals surface area contributed by atoms with Crippen LogP contribution in [0, 0.1) is 0 Å². The zero-order chi connectivity index (χ0) is 20.4. The average molecular weight is 483 g/mol. The minimum absolute atomic E-state index is 0.122. The van der Waals surface area contributed by atoms with Crippen molar-refractivity contribution in [1.29, 1.82) is 0 Å². The number of rotatable bonds is 6. The number of nitrogens with zero attached hydrogens (tertiary/aromatic N) is 1. The first-order chi connectivity index (χ1) is 12.5. The van der Waals surface area contributed by atoms with Gasteiger partial charge in [-0.3, -0.25) is 0 Å². The predicted octanol–water partition coefficient (Wildman–Crippen LogP) is 5.09. The van der Waals surface area contributed by atoms with Crippen LogP contribution in [0.2, 0.25) is 0 Å². The Bertz CT molecular complexity index is 923. The first-order valence-electron chi connectivity index (χ1n) is 7.86. The zero-order valence-corrected chi connectivity index (χ0v) is 18.1. The summed E-state index contributed by atoms with van der Waals surface area (Å²) in [6.45, 7) is 1.73. The van der Waals surface area contributed by atoms with E-state index in [2.05, 4.69) is 30.5 Å². The largest absolute Gasteiger partial charge is 0.416 e. The van der Waals surface area contributed by atoms with E-state index in [1.54, 1.807) is 19.1 Å². The Hall–Kier alpha value is -1.15. The van der Waals surface area contributed by atoms with Gasteiger partial charge >= 0.3 is 6.18 Å². The number of alkyl halides is 3. The molecule has 1 N–H and O–H groups in total. The number of hydrogen-bond acceptors (Lipinski definition) is 3. The smallest absolute Gasteiger partial charge is 0.378 e. The molecule has 27 heavy (non-hydrogen) atoms. The van der Waals surface area contributed by atoms with Gasteiger partial charge in [-0.1, -0.05) is 12.1 Å². The molecular weight excluding hydrogens is 464 g/mol. The molecule has 2 atom stereocenters. The third-order valence-electron chi connectivity index (χ3n) is 3.99. The van der Waals surface area contributed by atoms with E-state index in [0.29, 0.717) is 15.7 Å². The highest BCUT2D eigenvalue weighted by Crippen LogP contribution is 2.33. The van der Waals surface area contributed by atoms with Crippen molar-refractivity contribution < 1.29 is 21.6 Å². The third kappa shape index (κ3) is 5.22. The van der Waals surface area contributed by atoms with Crippen LogP contribution in [0.25, 0.3) is 0 Å². The normalized spacial score (nSPS) is 13.6. The molecule has 0 bridgehead atoms. The molecule has 0 aliphatic rings. The second-order valence-electron chi connectivity index (χ2n) is 5.92. The molecule has 0 aromatic heterocycles. The van der Waals surface area contributed by atoms with Gasteiger partial charge in [0.1, 0.15) is 0 Å². The Kier molecular flexibility index (Phi) is 6.95. The summed E-state index contributed by atoms with van der Waals surface area (Å²) in [4.78, 5) is 0.122. The first kappa shape index (κ1) is 22.1. The monoisotopic (exact) mass is 482 g/mol. The van der Waals surface area contributed by atoms with Gasteiger partial charge in [0.25, 0.3) is 0 Å². The van der Waals surface area contributed by atoms with Crippen LogP contribution in [-0.2, 0) is 16.2 Å². The minimum atomic E-state index is -4.41. The van der Waals surface area contributed by atoms with Crippen molar-refractivity contribution in [2.45, 2.75) is 24.0 Å². The van der Waals surface area contributed by atoms with Gasteiger partial charge in [0.2, 0.25) is 10.0 Å². The Morgan fingerprint density at radius 2 is 1.89 bits per heavy atom. The molecule has 1 unspecified atom stereocenters. The summed E-state index contributed by atoms with van der Waals surface area (Å²) >= 11 is 3.33. The molecule has 0 aliphatic carbocycles. The lowest BCUT2D eigenvalue weighted by Crippen LogP contribution is -2.25. The number of nitrogens with one attached hydrogen (secondary N) is 1. The van der Waals surface area contributed by atoms with Gasteiger partial charge in [0, 0.05) is 29.5 Å². The summed E-state index contributed by atoms with van der Waals surface area (Å²) in [5.74, 6) is 0. The second kappa shape index (κ2) is 8.47. The molecule has 0 heterocycles. The lowest BCUT2D eigenvalue weighted by Gasteiger charge is -2.20. The van der Waals surface area contributed by atoms with Gasteiger partial charge in [-0.2, -0.15) is 17.5 Å². The molecule has 0 aliphatic heterocycles. The molecule has 2 aromatic rings. The van der Waals surface area contributed by atoms with Crippen molar-refractivity contribution in [2.75, 3.05) is 18.7 Å². The van der Waals surface area contributed by atoms with Gasteiger partial charge in [0.15, 0.2) is 0 Å². The molecule has 0 spiro atoms. The van der Waals surface area contributed by atoms with Crippen LogP contribution in [0.15, 0.2) is 51.8 Å². The van der Waals surface area contributed by atoms with Crippen LogP contribution in [-0.4, -0.2) is 26.1 Å². The Balaban J connectivity index is 2.26. The minimum Gasteiger partial charge on any atom is -0.378 e. The van der Waals surface area contributed by atoms with Crippen LogP contribution in [0.1, 0.15) is 24.1 Å². The van der Waals surface area contributed by atoms with E-state index < -0.39 is 27.8 Å². The van der Waals surface area contributed by atoms with Crippen LogP contribution in [0.3, 0.4) is 0 Å². The Morgan fingerprint density at radius 3 is 2.44 bits per heavy atom. The maximum atomic E-state index is 12.9. The molecule has 0 radical (unpaired) electrons. The second-order valence-corrected chi connectivity index (χ2v) is 9.18. The Morgan fingerprint density at radius 1 is 1.22 bits per heavy atom. The quantitative estimate of drug-likeness (QED) is 0.583. The fraction of sp³-hybridized carbons (Fsp3) is 0.294. The van der Waals surface area contributed by atoms with Gasteiger partial charge in [-0.15, -0.1) is 9.24 Å². The summed E-state index contributed by atoms with van der Waals surface area (Å²) < 4.78 is 65.1. The molecule has 2 rings (SSSR count). The summed E-state index contributed by atoms with van der Waals surface area (Å²) in [7, 11) is 0.212. The van der Waals surface area contributed by atoms with E-state index in [0.717, 1.165) is 12.1 Å². The number of benzene rings is 2. The number of anilines is 1. The standard InChI is InChI=1S/C17H19BrF3N2O2PS/c1-11(12-4-3-5-13(8-12)17(19,20)21)22-16-7-6-14(9-15(16)18)27(24,25)23(2)10-26/h3-9,11,22H,10,26H2,1-2H3/t11-/m0/s1. The van der Waals surface area contributed by atoms with Gasteiger partial charge < -0.3 is 5.32 Å². The van der Waals surface area contributed by atoms with E-state index in [-0.39, 0.29) is 11.2 Å². The Labute approximate surface area is 167 Å². The summed E-state index contributed by atoms with van der Waals surface area (Å²) in [6, 6.07) is 9.17. The van der Waals surface area contributed by atoms with E-state index in [1.807, 2.05) is 0 Å². The highest BCUT2D eigenvalue weighted by atomic mass is 79.9. The van der Waals surface area contributed by atoms with E-state index in [1.165, 1.54) is 29.6 Å². The van der Waals surface area contributed by atoms with Crippen molar-refractivity contribution in [1.82, 2.24) is 4.31 Å². The third-order valence-corrected chi connectivity index (χ3v) is 7.28. The molecule has 4 nitrogen and oxygen atoms in total. The number of halogens is 4. The molecule has 148 valence electrons. The maximum absolute atomic E-state index is 12.9. The highest BCUT2D eigenvalue weighted by molar-refractivity contribution is 9.10. The number of sulfonamides is 1. The molecule has 2 aromatic carbocycles. The highest BCUT2D eigenvalue weighted by Gasteiger charge is 2.30. The van der Waals surface area contributed by atoms with E-state index in [9.17, 15) is 21.6 Å². The number of hydrogen-bond donors (Lipinski definition) is 1. The van der Waals surface area contributed by atoms with Crippen LogP contribution < -0.4 is 5.32 Å². The van der Waals surface area contributed by atoms with Crippen molar-refractivity contribution >= 4 is 40.9 Å². The molecular formula is C17H19BrF3N2O2PS. The lowest BCUT2D eigenvalue weighted by atomic mass is 10.0. The van der Waals surface area contributed by atoms with Gasteiger partial charge in [-0.05, 0) is 58.7 Å². The molecule has 0 amide bonds. The fourth-order valence-electron chi connectivity index (χ4n) is 2.35. The van der Waals surface area contributed by atoms with Crippen molar-refractivity contribution in [3.8, 4) is 0 Å². The van der Waals surface area contributed by atoms with Crippen molar-refractivity contribution in [2.24, 2.45) is 0 Å². The molecule has 10 heteroatoms. The summed E-state index contributed by atoms with van der Waals surface area (Å²) in [6.07, 6.45) is -4.15. The SMILES string of the molecule is C[C@H](Nc1ccc(S(=O)(=O)N(C)CP)cc1Br)c1cccc(C(F)(F)F)c1. The van der Waals surface area contributed by atoms with E-state index >= 15 is 0 Å². The lowest BCUT2D eigenvalue weighted by molar-refractivity contribution is -0.137. The van der Waals surface area contributed by atoms with Gasteiger partial charge in [0.05, 0.1) is 10.5 Å². The van der Waals surface area contributed by atoms with Crippen LogP contribution >= 0.6 is 25.2 Å². The van der Waals surface area contributed by atoms with Crippen LogP contribution in [0.5, 0.6) is 0 Å². The molecule has 0 fully saturated rings. The fourth-order valence-corrected chi connectivity index (χ4v) is 4.65. The average Bonchev–Trinajstić information content (AvgIpc) is 2.61. The summed E-state index contributed by atoms with van der Waals surface area (Å²) in [5, 5.41) is 3.10. The predicted molar refractivity (Wildman–Crippen MR) is 107 cm³/mol. The maximum Gasteiger partial charge on any atom is 0.416 e. The van der Waals surface area contributed by atoms with Crippen molar-refractivity contribution in [3.05, 3.63) is 58.1 Å². The van der Waals surface area contributed by atoms with Gasteiger partial charge in [-0.25, -0.2) is 8.42 Å². The summed E-state index contributed by atoms with van der Waals surface area (Å²) in [5.41, 5.74) is 0.332. The van der Waals surface area contributed by atoms with Crippen LogP contribution in [0.4, 0.5) is 18.9 Å². The van der Waals surface area contributed by atoms with Crippen molar-refractivity contribution in [3.63, 3.8) is 0 Å². The zero-order valence-electron chi connectivity index (χ0n) is 14.6. The topological polar surface area (TPSA) is 49.4 Å². The van der Waals surface area contributed by atoms with E-state index in [4.69, 9.17) is 0 Å². The first-order valence-corrected chi connectivity index (χ1v) is 10.9. The molecule has 0 saturated heterocycles. The molecule has 0 saturated carbocycles.